The van der Waals surface area contributed by atoms with E-state index in [1.54, 1.807) is 37.3 Å². The number of methoxy groups -OCH3 is 1. The van der Waals surface area contributed by atoms with Crippen molar-refractivity contribution in [3.8, 4) is 5.75 Å². The van der Waals surface area contributed by atoms with E-state index in [1.165, 1.54) is 0 Å². The van der Waals surface area contributed by atoms with Crippen LogP contribution in [0.1, 0.15) is 23.7 Å². The van der Waals surface area contributed by atoms with Crippen LogP contribution in [0.3, 0.4) is 0 Å². The van der Waals surface area contributed by atoms with Crippen LogP contribution < -0.4 is 10.5 Å². The van der Waals surface area contributed by atoms with Gasteiger partial charge in [-0.05, 0) is 18.6 Å². The number of nitrogens with zero attached hydrogens (tertiary/aromatic N) is 1. The van der Waals surface area contributed by atoms with E-state index in [2.05, 4.69) is 0 Å². The number of carbonyl (C=O) groups excluding carboxylic acids is 1. The summed E-state index contributed by atoms with van der Waals surface area (Å²) in [7, 11) is 3.33. The Bertz CT molecular complexity index is 377. The van der Waals surface area contributed by atoms with Gasteiger partial charge in [0.05, 0.1) is 7.11 Å². The first-order valence-electron chi connectivity index (χ1n) is 5.28. The van der Waals surface area contributed by atoms with E-state index in [1.807, 2.05) is 6.92 Å². The van der Waals surface area contributed by atoms with Gasteiger partial charge in [0.25, 0.3) is 5.91 Å². The Kier molecular flexibility index (Phi) is 4.17. The van der Waals surface area contributed by atoms with Gasteiger partial charge in [-0.3, -0.25) is 4.79 Å². The van der Waals surface area contributed by atoms with Crippen LogP contribution in [-0.2, 0) is 0 Å². The Morgan fingerprint density at radius 3 is 2.69 bits per heavy atom. The fraction of sp³-hybridized carbons (Fsp3) is 0.417. The first-order chi connectivity index (χ1) is 7.58. The molecular formula is C12H18N2O2. The molecule has 0 aromatic heterocycles. The van der Waals surface area contributed by atoms with Crippen molar-refractivity contribution in [3.05, 3.63) is 23.8 Å². The molecule has 0 spiro atoms. The molecule has 4 heteroatoms. The van der Waals surface area contributed by atoms with Crippen molar-refractivity contribution < 1.29 is 9.53 Å². The number of ether oxygens (including phenoxy) is 1. The summed E-state index contributed by atoms with van der Waals surface area (Å²) in [6.45, 7) is 2.76. The second-order valence-electron chi connectivity index (χ2n) is 3.72. The number of amides is 1. The van der Waals surface area contributed by atoms with Crippen LogP contribution in [0.15, 0.2) is 18.2 Å². The number of nitrogens with two attached hydrogens (primary N) is 1. The molecule has 1 amide bonds. The molecule has 0 bridgehead atoms. The molecule has 16 heavy (non-hydrogen) atoms. The minimum Gasteiger partial charge on any atom is -0.497 e. The maximum atomic E-state index is 12.0. The molecule has 1 aromatic carbocycles. The lowest BCUT2D eigenvalue weighted by Gasteiger charge is -2.16. The van der Waals surface area contributed by atoms with Gasteiger partial charge in [0.2, 0.25) is 0 Å². The molecule has 0 saturated carbocycles. The minimum atomic E-state index is -0.0348. The number of carbonyl (C=O) groups is 1. The lowest BCUT2D eigenvalue weighted by molar-refractivity contribution is 0.0795. The van der Waals surface area contributed by atoms with E-state index in [0.29, 0.717) is 17.0 Å². The number of rotatable bonds is 4. The fourth-order valence-electron chi connectivity index (χ4n) is 1.52. The van der Waals surface area contributed by atoms with E-state index in [9.17, 15) is 4.79 Å². The third-order valence-electron chi connectivity index (χ3n) is 2.32. The van der Waals surface area contributed by atoms with Crippen LogP contribution in [0.25, 0.3) is 0 Å². The Hall–Kier alpha value is -1.71. The zero-order valence-corrected chi connectivity index (χ0v) is 9.99. The highest BCUT2D eigenvalue weighted by molar-refractivity contribution is 5.95. The standard InChI is InChI=1S/C12H18N2O2/c1-4-5-14(2)12(15)9-6-10(13)8-11(7-9)16-3/h6-8H,4-5,13H2,1-3H3. The van der Waals surface area contributed by atoms with Gasteiger partial charge in [-0.1, -0.05) is 6.92 Å². The SMILES string of the molecule is CCCN(C)C(=O)c1cc(N)cc(OC)c1. The highest BCUT2D eigenvalue weighted by Gasteiger charge is 2.12. The molecule has 0 aliphatic heterocycles. The van der Waals surface area contributed by atoms with E-state index < -0.39 is 0 Å². The quantitative estimate of drug-likeness (QED) is 0.790. The van der Waals surface area contributed by atoms with Crippen LogP contribution in [0.2, 0.25) is 0 Å². The summed E-state index contributed by atoms with van der Waals surface area (Å²) in [4.78, 5) is 13.6. The summed E-state index contributed by atoms with van der Waals surface area (Å²) < 4.78 is 5.07. The van der Waals surface area contributed by atoms with Gasteiger partial charge in [-0.15, -0.1) is 0 Å². The summed E-state index contributed by atoms with van der Waals surface area (Å²) >= 11 is 0. The van der Waals surface area contributed by atoms with Crippen molar-refractivity contribution in [2.45, 2.75) is 13.3 Å². The van der Waals surface area contributed by atoms with Crippen molar-refractivity contribution in [1.29, 1.82) is 0 Å². The first-order valence-corrected chi connectivity index (χ1v) is 5.28. The largest absolute Gasteiger partial charge is 0.497 e. The molecule has 0 aliphatic carbocycles. The fourth-order valence-corrected chi connectivity index (χ4v) is 1.52. The molecular weight excluding hydrogens is 204 g/mol. The van der Waals surface area contributed by atoms with Crippen LogP contribution >= 0.6 is 0 Å². The second kappa shape index (κ2) is 5.39. The van der Waals surface area contributed by atoms with Gasteiger partial charge in [0.15, 0.2) is 0 Å². The number of hydrogen-bond donors (Lipinski definition) is 1. The molecule has 1 rings (SSSR count). The van der Waals surface area contributed by atoms with Gasteiger partial charge >= 0.3 is 0 Å². The summed E-state index contributed by atoms with van der Waals surface area (Å²) in [6.07, 6.45) is 0.932. The van der Waals surface area contributed by atoms with Crippen LogP contribution in [0.5, 0.6) is 5.75 Å². The molecule has 4 nitrogen and oxygen atoms in total. The van der Waals surface area contributed by atoms with E-state index in [-0.39, 0.29) is 5.91 Å². The van der Waals surface area contributed by atoms with Crippen molar-refractivity contribution in [1.82, 2.24) is 4.90 Å². The summed E-state index contributed by atoms with van der Waals surface area (Å²) in [5.41, 5.74) is 6.79. The highest BCUT2D eigenvalue weighted by Crippen LogP contribution is 2.19. The molecule has 2 N–H and O–H groups in total. The number of hydrogen-bond acceptors (Lipinski definition) is 3. The lowest BCUT2D eigenvalue weighted by atomic mass is 10.1. The Morgan fingerprint density at radius 2 is 2.12 bits per heavy atom. The van der Waals surface area contributed by atoms with Gasteiger partial charge in [0.1, 0.15) is 5.75 Å². The van der Waals surface area contributed by atoms with Gasteiger partial charge in [-0.25, -0.2) is 0 Å². The molecule has 0 unspecified atom stereocenters. The number of nitrogen functional groups attached to an aromatic ring is 1. The van der Waals surface area contributed by atoms with Crippen LogP contribution in [0, 0.1) is 0 Å². The maximum absolute atomic E-state index is 12.0. The molecule has 1 aromatic rings. The highest BCUT2D eigenvalue weighted by atomic mass is 16.5. The Labute approximate surface area is 96.0 Å². The van der Waals surface area contributed by atoms with Gasteiger partial charge < -0.3 is 15.4 Å². The number of anilines is 1. The average Bonchev–Trinajstić information content (AvgIpc) is 2.27. The van der Waals surface area contributed by atoms with E-state index >= 15 is 0 Å². The Morgan fingerprint density at radius 1 is 1.44 bits per heavy atom. The second-order valence-corrected chi connectivity index (χ2v) is 3.72. The van der Waals surface area contributed by atoms with Gasteiger partial charge in [0, 0.05) is 30.9 Å². The van der Waals surface area contributed by atoms with Gasteiger partial charge in [-0.2, -0.15) is 0 Å². The summed E-state index contributed by atoms with van der Waals surface area (Å²) in [5.74, 6) is 0.570. The van der Waals surface area contributed by atoms with Crippen molar-refractivity contribution in [2.24, 2.45) is 0 Å². The first kappa shape index (κ1) is 12.4. The summed E-state index contributed by atoms with van der Waals surface area (Å²) in [5, 5.41) is 0. The third-order valence-corrected chi connectivity index (χ3v) is 2.32. The van der Waals surface area contributed by atoms with Crippen LogP contribution in [0.4, 0.5) is 5.69 Å². The number of benzene rings is 1. The molecule has 0 atom stereocenters. The normalized spacial score (nSPS) is 9.94. The van der Waals surface area contributed by atoms with E-state index in [4.69, 9.17) is 10.5 Å². The van der Waals surface area contributed by atoms with Crippen LogP contribution in [-0.4, -0.2) is 31.5 Å². The molecule has 0 fully saturated rings. The zero-order chi connectivity index (χ0) is 12.1. The summed E-state index contributed by atoms with van der Waals surface area (Å²) in [6, 6.07) is 5.05. The average molecular weight is 222 g/mol. The molecule has 0 heterocycles. The predicted molar refractivity (Wildman–Crippen MR) is 64.7 cm³/mol. The third kappa shape index (κ3) is 2.89. The molecule has 0 aliphatic rings. The maximum Gasteiger partial charge on any atom is 0.253 e. The smallest absolute Gasteiger partial charge is 0.253 e. The van der Waals surface area contributed by atoms with E-state index in [0.717, 1.165) is 13.0 Å². The lowest BCUT2D eigenvalue weighted by Crippen LogP contribution is -2.27. The topological polar surface area (TPSA) is 55.6 Å². The minimum absolute atomic E-state index is 0.0348. The Balaban J connectivity index is 2.94. The van der Waals surface area contributed by atoms with Crippen molar-refractivity contribution in [2.75, 3.05) is 26.4 Å². The van der Waals surface area contributed by atoms with Crippen molar-refractivity contribution in [3.63, 3.8) is 0 Å². The molecule has 0 saturated heterocycles. The predicted octanol–water partition coefficient (Wildman–Crippen LogP) is 1.76. The van der Waals surface area contributed by atoms with Crippen molar-refractivity contribution >= 4 is 11.6 Å². The monoisotopic (exact) mass is 222 g/mol. The zero-order valence-electron chi connectivity index (χ0n) is 9.99. The molecule has 0 radical (unpaired) electrons. The molecule has 88 valence electrons.